The summed E-state index contributed by atoms with van der Waals surface area (Å²) in [6.45, 7) is 6.38. The minimum absolute atomic E-state index is 0.174. The molecule has 0 bridgehead atoms. The summed E-state index contributed by atoms with van der Waals surface area (Å²) in [4.78, 5) is 14.9. The van der Waals surface area contributed by atoms with Crippen LogP contribution in [-0.4, -0.2) is 11.3 Å². The van der Waals surface area contributed by atoms with Crippen molar-refractivity contribution in [2.75, 3.05) is 11.6 Å². The number of aromatic nitrogens is 1. The predicted molar refractivity (Wildman–Crippen MR) is 141 cm³/mol. The lowest BCUT2D eigenvalue weighted by atomic mass is 9.89. The van der Waals surface area contributed by atoms with Crippen molar-refractivity contribution in [3.63, 3.8) is 0 Å². The van der Waals surface area contributed by atoms with E-state index in [9.17, 15) is 4.79 Å². The average molecular weight is 465 g/mol. The van der Waals surface area contributed by atoms with Gasteiger partial charge in [0.15, 0.2) is 6.73 Å². The SMILES string of the molecule is CCn1c2ccccc2c2cc(N3COc4c(cc5c6c(c(=O)oc5c4C)CCCC6)C3)ccc21. The molecule has 0 saturated carbocycles. The van der Waals surface area contributed by atoms with Crippen LogP contribution in [0, 0.1) is 6.92 Å². The number of fused-ring (bicyclic) bond motifs is 7. The van der Waals surface area contributed by atoms with E-state index in [0.29, 0.717) is 12.3 Å². The summed E-state index contributed by atoms with van der Waals surface area (Å²) in [5.41, 5.74) is 8.34. The number of hydrogen-bond acceptors (Lipinski definition) is 4. The van der Waals surface area contributed by atoms with E-state index in [2.05, 4.69) is 64.9 Å². The fourth-order valence-electron chi connectivity index (χ4n) is 6.25. The molecule has 1 aliphatic carbocycles. The first-order valence-corrected chi connectivity index (χ1v) is 12.6. The lowest BCUT2D eigenvalue weighted by Gasteiger charge is -2.32. The van der Waals surface area contributed by atoms with Crippen LogP contribution < -0.4 is 15.3 Å². The standard InChI is InChI=1S/C30H28N2O3/c1-3-32-26-11-7-6-9-22(26)24-15-20(12-13-27(24)32)31-16-19-14-25-21-8-4-5-10-23(21)30(33)35-29(25)18(2)28(19)34-17-31/h6-7,9,11-15H,3-5,8,10,16-17H2,1-2H3. The van der Waals surface area contributed by atoms with Crippen molar-refractivity contribution >= 4 is 38.5 Å². The zero-order chi connectivity index (χ0) is 23.7. The molecular weight excluding hydrogens is 436 g/mol. The minimum atomic E-state index is -0.174. The van der Waals surface area contributed by atoms with Crippen LogP contribution in [0.3, 0.4) is 0 Å². The van der Waals surface area contributed by atoms with Crippen molar-refractivity contribution in [2.24, 2.45) is 0 Å². The number of para-hydroxylation sites is 1. The normalized spacial score (nSPS) is 15.4. The highest BCUT2D eigenvalue weighted by molar-refractivity contribution is 6.09. The molecule has 0 unspecified atom stereocenters. The molecule has 7 rings (SSSR count). The first kappa shape index (κ1) is 20.6. The molecule has 0 atom stereocenters. The summed E-state index contributed by atoms with van der Waals surface area (Å²) < 4.78 is 14.5. The fourth-order valence-corrected chi connectivity index (χ4v) is 6.25. The molecule has 2 aromatic heterocycles. The smallest absolute Gasteiger partial charge is 0.339 e. The maximum atomic E-state index is 12.6. The summed E-state index contributed by atoms with van der Waals surface area (Å²) in [6, 6.07) is 17.6. The molecule has 0 saturated heterocycles. The Balaban J connectivity index is 1.34. The highest BCUT2D eigenvalue weighted by atomic mass is 16.5. The molecule has 35 heavy (non-hydrogen) atoms. The van der Waals surface area contributed by atoms with E-state index in [1.54, 1.807) is 0 Å². The topological polar surface area (TPSA) is 47.6 Å². The van der Waals surface area contributed by atoms with Crippen LogP contribution in [0.5, 0.6) is 5.75 Å². The van der Waals surface area contributed by atoms with Gasteiger partial charge in [-0.3, -0.25) is 0 Å². The number of rotatable bonds is 2. The Morgan fingerprint density at radius 1 is 0.914 bits per heavy atom. The molecule has 3 heterocycles. The molecule has 0 N–H and O–H groups in total. The maximum absolute atomic E-state index is 12.6. The molecule has 0 radical (unpaired) electrons. The largest absolute Gasteiger partial charge is 0.472 e. The van der Waals surface area contributed by atoms with Gasteiger partial charge in [0.2, 0.25) is 0 Å². The third-order valence-corrected chi connectivity index (χ3v) is 7.93. The van der Waals surface area contributed by atoms with Gasteiger partial charge in [-0.25, -0.2) is 4.79 Å². The van der Waals surface area contributed by atoms with Gasteiger partial charge in [-0.2, -0.15) is 0 Å². The molecule has 5 nitrogen and oxygen atoms in total. The van der Waals surface area contributed by atoms with Gasteiger partial charge in [0.1, 0.15) is 11.3 Å². The predicted octanol–water partition coefficient (Wildman–Crippen LogP) is 6.46. The second kappa shape index (κ2) is 7.64. The molecule has 0 spiro atoms. The molecular formula is C30H28N2O3. The summed E-state index contributed by atoms with van der Waals surface area (Å²) in [7, 11) is 0. The average Bonchev–Trinajstić information content (AvgIpc) is 3.22. The Morgan fingerprint density at radius 2 is 1.71 bits per heavy atom. The third-order valence-electron chi connectivity index (χ3n) is 7.93. The van der Waals surface area contributed by atoms with Crippen LogP contribution >= 0.6 is 0 Å². The van der Waals surface area contributed by atoms with E-state index >= 15 is 0 Å². The van der Waals surface area contributed by atoms with Crippen LogP contribution in [0.2, 0.25) is 0 Å². The molecule has 5 heteroatoms. The first-order chi connectivity index (χ1) is 17.1. The van der Waals surface area contributed by atoms with Crippen LogP contribution in [0.25, 0.3) is 32.8 Å². The molecule has 0 fully saturated rings. The van der Waals surface area contributed by atoms with Crippen LogP contribution in [0.4, 0.5) is 5.69 Å². The fraction of sp³-hybridized carbons (Fsp3) is 0.300. The Hall–Kier alpha value is -3.73. The highest BCUT2D eigenvalue weighted by Gasteiger charge is 2.26. The van der Waals surface area contributed by atoms with Crippen molar-refractivity contribution in [3.05, 3.63) is 81.2 Å². The van der Waals surface area contributed by atoms with E-state index < -0.39 is 0 Å². The van der Waals surface area contributed by atoms with Crippen LogP contribution in [0.1, 0.15) is 42.0 Å². The second-order valence-corrected chi connectivity index (χ2v) is 9.85. The Labute approximate surface area is 203 Å². The van der Waals surface area contributed by atoms with Gasteiger partial charge in [-0.15, -0.1) is 0 Å². The van der Waals surface area contributed by atoms with Crippen molar-refractivity contribution < 1.29 is 9.15 Å². The van der Waals surface area contributed by atoms with Gasteiger partial charge in [0.05, 0.1) is 0 Å². The lowest BCUT2D eigenvalue weighted by Crippen LogP contribution is -2.32. The highest BCUT2D eigenvalue weighted by Crippen LogP contribution is 2.39. The van der Waals surface area contributed by atoms with Crippen molar-refractivity contribution in [1.29, 1.82) is 0 Å². The number of nitrogens with zero attached hydrogens (tertiary/aromatic N) is 2. The lowest BCUT2D eigenvalue weighted by molar-refractivity contribution is 0.287. The summed E-state index contributed by atoms with van der Waals surface area (Å²) in [5, 5.41) is 3.65. The van der Waals surface area contributed by atoms with Crippen LogP contribution in [0.15, 0.2) is 57.7 Å². The van der Waals surface area contributed by atoms with Gasteiger partial charge in [-0.05, 0) is 75.4 Å². The van der Waals surface area contributed by atoms with E-state index in [0.717, 1.165) is 72.3 Å². The molecule has 1 aliphatic heterocycles. The van der Waals surface area contributed by atoms with E-state index in [1.165, 1.54) is 27.4 Å². The van der Waals surface area contributed by atoms with Gasteiger partial charge < -0.3 is 18.6 Å². The number of ether oxygens (including phenoxy) is 1. The zero-order valence-electron chi connectivity index (χ0n) is 20.2. The molecule has 0 amide bonds. The van der Waals surface area contributed by atoms with Gasteiger partial charge >= 0.3 is 5.63 Å². The Bertz CT molecular complexity index is 1710. The summed E-state index contributed by atoms with van der Waals surface area (Å²) >= 11 is 0. The molecule has 3 aromatic carbocycles. The van der Waals surface area contributed by atoms with Crippen molar-refractivity contribution in [2.45, 2.75) is 52.6 Å². The third kappa shape index (κ3) is 2.97. The van der Waals surface area contributed by atoms with Crippen molar-refractivity contribution in [3.8, 4) is 5.75 Å². The van der Waals surface area contributed by atoms with Gasteiger partial charge in [0.25, 0.3) is 0 Å². The Kier molecular flexibility index (Phi) is 4.50. The van der Waals surface area contributed by atoms with Crippen molar-refractivity contribution in [1.82, 2.24) is 4.57 Å². The molecule has 2 aliphatic rings. The quantitative estimate of drug-likeness (QED) is 0.281. The number of anilines is 1. The minimum Gasteiger partial charge on any atom is -0.472 e. The maximum Gasteiger partial charge on any atom is 0.339 e. The number of aryl methyl sites for hydroxylation is 3. The van der Waals surface area contributed by atoms with E-state index in [1.807, 2.05) is 6.92 Å². The van der Waals surface area contributed by atoms with E-state index in [4.69, 9.17) is 9.15 Å². The molecule has 5 aromatic rings. The molecule has 176 valence electrons. The van der Waals surface area contributed by atoms with E-state index in [-0.39, 0.29) is 5.63 Å². The van der Waals surface area contributed by atoms with Gasteiger partial charge in [-0.1, -0.05) is 18.2 Å². The van der Waals surface area contributed by atoms with Crippen LogP contribution in [-0.2, 0) is 25.9 Å². The Morgan fingerprint density at radius 3 is 2.57 bits per heavy atom. The zero-order valence-corrected chi connectivity index (χ0v) is 20.2. The number of hydrogen-bond donors (Lipinski definition) is 0. The number of benzene rings is 3. The summed E-state index contributed by atoms with van der Waals surface area (Å²) in [6.07, 6.45) is 3.94. The second-order valence-electron chi connectivity index (χ2n) is 9.85. The monoisotopic (exact) mass is 464 g/mol. The van der Waals surface area contributed by atoms with Gasteiger partial charge in [0, 0.05) is 62.7 Å². The first-order valence-electron chi connectivity index (χ1n) is 12.6. The summed E-state index contributed by atoms with van der Waals surface area (Å²) in [5.74, 6) is 0.858.